The van der Waals surface area contributed by atoms with E-state index in [1.54, 1.807) is 7.05 Å². The molecule has 104 valence electrons. The van der Waals surface area contributed by atoms with Gasteiger partial charge in [-0.3, -0.25) is 4.21 Å². The van der Waals surface area contributed by atoms with Gasteiger partial charge in [0.25, 0.3) is 0 Å². The molecule has 0 aromatic heterocycles. The molecule has 17 heavy (non-hydrogen) atoms. The van der Waals surface area contributed by atoms with E-state index in [0.717, 1.165) is 12.8 Å². The zero-order chi connectivity index (χ0) is 12.9. The van der Waals surface area contributed by atoms with Crippen molar-refractivity contribution >= 4 is 11.3 Å². The molecular formula is C13H28NO2S-. The van der Waals surface area contributed by atoms with Crippen LogP contribution < -0.4 is 0 Å². The molecule has 0 amide bonds. The molecule has 0 aromatic rings. The van der Waals surface area contributed by atoms with Crippen LogP contribution in [0.25, 0.3) is 0 Å². The minimum absolute atomic E-state index is 0.659. The first kappa shape index (κ1) is 17.1. The van der Waals surface area contributed by atoms with Crippen LogP contribution in [0.4, 0.5) is 0 Å². The minimum Gasteiger partial charge on any atom is -0.760 e. The highest BCUT2D eigenvalue weighted by atomic mass is 32.2. The van der Waals surface area contributed by atoms with Crippen molar-refractivity contribution in [3.05, 3.63) is 0 Å². The molecule has 0 rings (SSSR count). The second-order valence-corrected chi connectivity index (χ2v) is 5.81. The summed E-state index contributed by atoms with van der Waals surface area (Å²) in [6.07, 6.45) is 12.8. The third kappa shape index (κ3) is 12.3. The standard InChI is InChI=1S/C13H29NO2S/c1-3-4-5-6-7-8-9-10-11-12-13-14(2)17(15)16/h3-13H2,1-2H3,(H,15,16)/p-1. The summed E-state index contributed by atoms with van der Waals surface area (Å²) in [5, 5.41) is 0. The van der Waals surface area contributed by atoms with Crippen molar-refractivity contribution in [3.63, 3.8) is 0 Å². The van der Waals surface area contributed by atoms with Gasteiger partial charge >= 0.3 is 0 Å². The first-order valence-electron chi connectivity index (χ1n) is 6.99. The van der Waals surface area contributed by atoms with Crippen molar-refractivity contribution in [1.82, 2.24) is 4.31 Å². The van der Waals surface area contributed by atoms with Crippen LogP contribution in [0.2, 0.25) is 0 Å². The Morgan fingerprint density at radius 2 is 1.29 bits per heavy atom. The van der Waals surface area contributed by atoms with Gasteiger partial charge in [-0.2, -0.15) is 0 Å². The molecule has 0 bridgehead atoms. The van der Waals surface area contributed by atoms with Crippen LogP contribution in [0.3, 0.4) is 0 Å². The lowest BCUT2D eigenvalue weighted by atomic mass is 10.1. The van der Waals surface area contributed by atoms with Crippen molar-refractivity contribution in [2.45, 2.75) is 71.1 Å². The van der Waals surface area contributed by atoms with E-state index in [1.807, 2.05) is 0 Å². The fourth-order valence-electron chi connectivity index (χ4n) is 1.90. The Labute approximate surface area is 109 Å². The summed E-state index contributed by atoms with van der Waals surface area (Å²) < 4.78 is 22.4. The van der Waals surface area contributed by atoms with E-state index in [0.29, 0.717) is 6.54 Å². The second kappa shape index (κ2) is 12.5. The molecule has 0 saturated heterocycles. The zero-order valence-corrected chi connectivity index (χ0v) is 12.3. The van der Waals surface area contributed by atoms with Gasteiger partial charge in [0.2, 0.25) is 0 Å². The Hall–Kier alpha value is 0.0700. The van der Waals surface area contributed by atoms with Gasteiger partial charge in [0, 0.05) is 17.8 Å². The topological polar surface area (TPSA) is 43.4 Å². The number of hydrogen-bond donors (Lipinski definition) is 0. The molecule has 0 saturated carbocycles. The summed E-state index contributed by atoms with van der Waals surface area (Å²) in [6, 6.07) is 0. The van der Waals surface area contributed by atoms with Gasteiger partial charge in [-0.15, -0.1) is 0 Å². The molecule has 0 radical (unpaired) electrons. The van der Waals surface area contributed by atoms with E-state index >= 15 is 0 Å². The number of rotatable bonds is 12. The molecule has 1 atom stereocenters. The van der Waals surface area contributed by atoms with E-state index in [4.69, 9.17) is 0 Å². The van der Waals surface area contributed by atoms with E-state index in [-0.39, 0.29) is 0 Å². The molecule has 0 aliphatic heterocycles. The maximum atomic E-state index is 10.5. The minimum atomic E-state index is -2.04. The Bertz CT molecular complexity index is 188. The van der Waals surface area contributed by atoms with Crippen LogP contribution in [-0.2, 0) is 11.3 Å². The maximum Gasteiger partial charge on any atom is 0.0206 e. The monoisotopic (exact) mass is 262 g/mol. The average molecular weight is 262 g/mol. The first-order valence-corrected chi connectivity index (χ1v) is 8.02. The summed E-state index contributed by atoms with van der Waals surface area (Å²) in [4.78, 5) is 0. The Balaban J connectivity index is 3.06. The van der Waals surface area contributed by atoms with Gasteiger partial charge in [0.15, 0.2) is 0 Å². The average Bonchev–Trinajstić information content (AvgIpc) is 2.31. The van der Waals surface area contributed by atoms with E-state index in [2.05, 4.69) is 6.92 Å². The largest absolute Gasteiger partial charge is 0.760 e. The number of unbranched alkanes of at least 4 members (excludes halogenated alkanes) is 9. The molecule has 0 aliphatic rings. The molecular weight excluding hydrogens is 234 g/mol. The molecule has 0 N–H and O–H groups in total. The van der Waals surface area contributed by atoms with Crippen LogP contribution in [0.15, 0.2) is 0 Å². The van der Waals surface area contributed by atoms with Crippen molar-refractivity contribution in [2.75, 3.05) is 13.6 Å². The second-order valence-electron chi connectivity index (χ2n) is 4.75. The number of hydrogen-bond acceptors (Lipinski definition) is 2. The highest BCUT2D eigenvalue weighted by molar-refractivity contribution is 7.76. The fraction of sp³-hybridized carbons (Fsp3) is 1.00. The summed E-state index contributed by atoms with van der Waals surface area (Å²) in [6.45, 7) is 2.90. The van der Waals surface area contributed by atoms with E-state index in [9.17, 15) is 8.76 Å². The predicted molar refractivity (Wildman–Crippen MR) is 73.4 cm³/mol. The molecule has 0 fully saturated rings. The van der Waals surface area contributed by atoms with Gasteiger partial charge in [-0.05, 0) is 13.5 Å². The van der Waals surface area contributed by atoms with Crippen molar-refractivity contribution < 1.29 is 8.76 Å². The molecule has 0 heterocycles. The molecule has 1 unspecified atom stereocenters. The third-order valence-electron chi connectivity index (χ3n) is 3.08. The normalized spacial score (nSPS) is 13.2. The van der Waals surface area contributed by atoms with Crippen LogP contribution in [0.5, 0.6) is 0 Å². The van der Waals surface area contributed by atoms with Crippen LogP contribution >= 0.6 is 0 Å². The van der Waals surface area contributed by atoms with Crippen molar-refractivity contribution in [2.24, 2.45) is 0 Å². The Morgan fingerprint density at radius 3 is 1.71 bits per heavy atom. The molecule has 0 aliphatic carbocycles. The third-order valence-corrected chi connectivity index (χ3v) is 3.77. The summed E-state index contributed by atoms with van der Waals surface area (Å²) >= 11 is -2.04. The van der Waals surface area contributed by atoms with Gasteiger partial charge in [0.05, 0.1) is 0 Å². The quantitative estimate of drug-likeness (QED) is 0.398. The van der Waals surface area contributed by atoms with Crippen LogP contribution in [-0.4, -0.2) is 26.7 Å². The lowest BCUT2D eigenvalue weighted by Crippen LogP contribution is -2.21. The molecule has 0 spiro atoms. The fourth-order valence-corrected chi connectivity index (χ4v) is 2.17. The van der Waals surface area contributed by atoms with Gasteiger partial charge in [0.1, 0.15) is 0 Å². The smallest absolute Gasteiger partial charge is 0.0206 e. The molecule has 4 heteroatoms. The Kier molecular flexibility index (Phi) is 12.6. The van der Waals surface area contributed by atoms with Crippen LogP contribution in [0.1, 0.15) is 71.1 Å². The van der Waals surface area contributed by atoms with Crippen molar-refractivity contribution in [1.29, 1.82) is 0 Å². The van der Waals surface area contributed by atoms with Crippen molar-refractivity contribution in [3.8, 4) is 0 Å². The Morgan fingerprint density at radius 1 is 0.882 bits per heavy atom. The summed E-state index contributed by atoms with van der Waals surface area (Å²) in [5.41, 5.74) is 0. The highest BCUT2D eigenvalue weighted by Gasteiger charge is 1.97. The SMILES string of the molecule is CCCCCCCCCCCCN(C)S(=O)[O-]. The van der Waals surface area contributed by atoms with Gasteiger partial charge in [-0.25, -0.2) is 4.31 Å². The predicted octanol–water partition coefficient (Wildman–Crippen LogP) is 3.63. The van der Waals surface area contributed by atoms with E-state index < -0.39 is 11.3 Å². The van der Waals surface area contributed by atoms with Gasteiger partial charge in [-0.1, -0.05) is 64.7 Å². The van der Waals surface area contributed by atoms with Gasteiger partial charge < -0.3 is 4.55 Å². The first-order chi connectivity index (χ1) is 8.18. The number of nitrogens with zero attached hydrogens (tertiary/aromatic N) is 1. The lowest BCUT2D eigenvalue weighted by Gasteiger charge is -2.18. The lowest BCUT2D eigenvalue weighted by molar-refractivity contribution is 0.420. The summed E-state index contributed by atoms with van der Waals surface area (Å²) in [5.74, 6) is 0. The summed E-state index contributed by atoms with van der Waals surface area (Å²) in [7, 11) is 1.62. The maximum absolute atomic E-state index is 10.5. The van der Waals surface area contributed by atoms with E-state index in [1.165, 1.54) is 55.7 Å². The zero-order valence-electron chi connectivity index (χ0n) is 11.5. The molecule has 0 aromatic carbocycles. The highest BCUT2D eigenvalue weighted by Crippen LogP contribution is 2.10. The van der Waals surface area contributed by atoms with Crippen LogP contribution in [0, 0.1) is 0 Å². The molecule has 3 nitrogen and oxygen atoms in total.